The van der Waals surface area contributed by atoms with Gasteiger partial charge in [0.15, 0.2) is 0 Å². The fraction of sp³-hybridized carbons (Fsp3) is 0.385. The van der Waals surface area contributed by atoms with Gasteiger partial charge in [-0.05, 0) is 42.4 Å². The van der Waals surface area contributed by atoms with Crippen molar-refractivity contribution in [3.05, 3.63) is 41.7 Å². The van der Waals surface area contributed by atoms with E-state index in [9.17, 15) is 5.11 Å². The molecule has 0 amide bonds. The summed E-state index contributed by atoms with van der Waals surface area (Å²) in [7, 11) is 0. The highest BCUT2D eigenvalue weighted by Gasteiger charge is 2.15. The maximum atomic E-state index is 10.2. The van der Waals surface area contributed by atoms with Crippen molar-refractivity contribution in [2.45, 2.75) is 23.8 Å². The van der Waals surface area contributed by atoms with Gasteiger partial charge in [0.2, 0.25) is 0 Å². The van der Waals surface area contributed by atoms with Crippen molar-refractivity contribution in [1.82, 2.24) is 0 Å². The van der Waals surface area contributed by atoms with Crippen molar-refractivity contribution in [3.63, 3.8) is 0 Å². The monoisotopic (exact) mass is 236 g/mol. The van der Waals surface area contributed by atoms with Crippen LogP contribution in [0.4, 0.5) is 0 Å². The summed E-state index contributed by atoms with van der Waals surface area (Å²) in [5, 5.41) is 10.2. The third-order valence-electron chi connectivity index (χ3n) is 2.75. The van der Waals surface area contributed by atoms with Crippen molar-refractivity contribution >= 4 is 11.8 Å². The number of aliphatic hydroxyl groups excluding tert-OH is 1. The lowest BCUT2D eigenvalue weighted by Crippen LogP contribution is -2.07. The number of rotatable bonds is 3. The Morgan fingerprint density at radius 3 is 2.62 bits per heavy atom. The lowest BCUT2D eigenvalue weighted by Gasteiger charge is -2.19. The molecular formula is C13H16O2S. The Bertz CT molecular complexity index is 370. The normalized spacial score (nSPS) is 17.5. The molecule has 0 aromatic heterocycles. The van der Waals surface area contributed by atoms with E-state index in [-0.39, 0.29) is 0 Å². The molecule has 0 radical (unpaired) electrons. The summed E-state index contributed by atoms with van der Waals surface area (Å²) in [6.07, 6.45) is 5.15. The topological polar surface area (TPSA) is 29.5 Å². The zero-order chi connectivity index (χ0) is 11.4. The molecular weight excluding hydrogens is 220 g/mol. The lowest BCUT2D eigenvalue weighted by atomic mass is 9.98. The Balaban J connectivity index is 2.13. The predicted octanol–water partition coefficient (Wildman–Crippen LogP) is 3.14. The number of aliphatic hydroxyl groups is 1. The molecule has 1 aliphatic heterocycles. The summed E-state index contributed by atoms with van der Waals surface area (Å²) >= 11 is 1.70. The number of ether oxygens (including phenoxy) is 1. The van der Waals surface area contributed by atoms with Gasteiger partial charge in [-0.1, -0.05) is 12.1 Å². The second-order valence-electron chi connectivity index (χ2n) is 3.84. The first-order valence-corrected chi connectivity index (χ1v) is 6.66. The van der Waals surface area contributed by atoms with E-state index in [0.717, 1.165) is 30.6 Å². The molecule has 2 rings (SSSR count). The maximum absolute atomic E-state index is 10.2. The van der Waals surface area contributed by atoms with Crippen molar-refractivity contribution in [2.24, 2.45) is 0 Å². The van der Waals surface area contributed by atoms with Gasteiger partial charge in [-0.2, -0.15) is 0 Å². The first kappa shape index (κ1) is 11.6. The van der Waals surface area contributed by atoms with Crippen molar-refractivity contribution in [2.75, 3.05) is 12.9 Å². The largest absolute Gasteiger partial charge is 0.501 e. The van der Waals surface area contributed by atoms with Crippen LogP contribution in [0.5, 0.6) is 0 Å². The first-order chi connectivity index (χ1) is 7.81. The van der Waals surface area contributed by atoms with Crippen LogP contribution in [0, 0.1) is 0 Å². The quantitative estimate of drug-likeness (QED) is 0.818. The predicted molar refractivity (Wildman–Crippen MR) is 66.5 cm³/mol. The summed E-state index contributed by atoms with van der Waals surface area (Å²) in [5.74, 6) is 0. The highest BCUT2D eigenvalue weighted by molar-refractivity contribution is 7.98. The smallest absolute Gasteiger partial charge is 0.103 e. The van der Waals surface area contributed by atoms with Crippen LogP contribution >= 0.6 is 11.8 Å². The van der Waals surface area contributed by atoms with Crippen LogP contribution in [-0.4, -0.2) is 18.0 Å². The van der Waals surface area contributed by atoms with Crippen LogP contribution in [0.2, 0.25) is 0 Å². The molecule has 1 atom stereocenters. The SMILES string of the molecule is CSc1ccc(C(O)C2=COCCC2)cc1. The molecule has 0 fully saturated rings. The van der Waals surface area contributed by atoms with Crippen molar-refractivity contribution in [3.8, 4) is 0 Å². The van der Waals surface area contributed by atoms with Gasteiger partial charge in [0.05, 0.1) is 12.9 Å². The Labute approximate surface area is 100 Å². The van der Waals surface area contributed by atoms with Gasteiger partial charge in [0, 0.05) is 4.90 Å². The van der Waals surface area contributed by atoms with Gasteiger partial charge in [-0.15, -0.1) is 11.8 Å². The van der Waals surface area contributed by atoms with E-state index < -0.39 is 6.10 Å². The second-order valence-corrected chi connectivity index (χ2v) is 4.72. The fourth-order valence-electron chi connectivity index (χ4n) is 1.79. The molecule has 3 heteroatoms. The zero-order valence-electron chi connectivity index (χ0n) is 9.35. The standard InChI is InChI=1S/C13H16O2S/c1-16-12-6-4-10(5-7-12)13(14)11-3-2-8-15-9-11/h4-7,9,13-14H,2-3,8H2,1H3. The minimum Gasteiger partial charge on any atom is -0.501 e. The first-order valence-electron chi connectivity index (χ1n) is 5.44. The van der Waals surface area contributed by atoms with E-state index >= 15 is 0 Å². The fourth-order valence-corrected chi connectivity index (χ4v) is 2.19. The molecule has 0 saturated heterocycles. The van der Waals surface area contributed by atoms with Gasteiger partial charge < -0.3 is 9.84 Å². The molecule has 0 aliphatic carbocycles. The number of hydrogen-bond acceptors (Lipinski definition) is 3. The Hall–Kier alpha value is -0.930. The van der Waals surface area contributed by atoms with Crippen molar-refractivity contribution < 1.29 is 9.84 Å². The van der Waals surface area contributed by atoms with Gasteiger partial charge >= 0.3 is 0 Å². The number of thioether (sulfide) groups is 1. The highest BCUT2D eigenvalue weighted by Crippen LogP contribution is 2.28. The Morgan fingerprint density at radius 1 is 1.31 bits per heavy atom. The van der Waals surface area contributed by atoms with E-state index in [1.807, 2.05) is 30.5 Å². The molecule has 0 saturated carbocycles. The minimum absolute atomic E-state index is 0.517. The summed E-state index contributed by atoms with van der Waals surface area (Å²) < 4.78 is 5.24. The van der Waals surface area contributed by atoms with Crippen molar-refractivity contribution in [1.29, 1.82) is 0 Å². The molecule has 1 aromatic rings. The third-order valence-corrected chi connectivity index (χ3v) is 3.49. The summed E-state index contributed by atoms with van der Waals surface area (Å²) in [6.45, 7) is 0.766. The van der Waals surface area contributed by atoms with Crippen LogP contribution in [-0.2, 0) is 4.74 Å². The second kappa shape index (κ2) is 5.41. The van der Waals surface area contributed by atoms with E-state index in [1.54, 1.807) is 18.0 Å². The molecule has 16 heavy (non-hydrogen) atoms. The molecule has 0 spiro atoms. The zero-order valence-corrected chi connectivity index (χ0v) is 10.2. The van der Waals surface area contributed by atoms with Crippen LogP contribution in [0.1, 0.15) is 24.5 Å². The minimum atomic E-state index is -0.517. The molecule has 86 valence electrons. The molecule has 1 heterocycles. The van der Waals surface area contributed by atoms with E-state index in [1.165, 1.54) is 4.90 Å². The molecule has 1 aromatic carbocycles. The molecule has 1 unspecified atom stereocenters. The van der Waals surface area contributed by atoms with Crippen LogP contribution in [0.3, 0.4) is 0 Å². The number of hydrogen-bond donors (Lipinski definition) is 1. The Kier molecular flexibility index (Phi) is 3.91. The maximum Gasteiger partial charge on any atom is 0.103 e. The van der Waals surface area contributed by atoms with Crippen LogP contribution in [0.15, 0.2) is 41.0 Å². The molecule has 2 nitrogen and oxygen atoms in total. The van der Waals surface area contributed by atoms with Crippen LogP contribution in [0.25, 0.3) is 0 Å². The highest BCUT2D eigenvalue weighted by atomic mass is 32.2. The summed E-state index contributed by atoms with van der Waals surface area (Å²) in [6, 6.07) is 8.03. The van der Waals surface area contributed by atoms with Gasteiger partial charge in [0.25, 0.3) is 0 Å². The van der Waals surface area contributed by atoms with E-state index in [2.05, 4.69) is 0 Å². The van der Waals surface area contributed by atoms with Crippen LogP contribution < -0.4 is 0 Å². The summed E-state index contributed by atoms with van der Waals surface area (Å²) in [4.78, 5) is 1.21. The van der Waals surface area contributed by atoms with Gasteiger partial charge in [0.1, 0.15) is 6.10 Å². The Morgan fingerprint density at radius 2 is 2.06 bits per heavy atom. The average molecular weight is 236 g/mol. The third kappa shape index (κ3) is 2.60. The molecule has 1 N–H and O–H groups in total. The summed E-state index contributed by atoms with van der Waals surface area (Å²) in [5.41, 5.74) is 1.91. The average Bonchev–Trinajstić information content (AvgIpc) is 2.39. The molecule has 0 bridgehead atoms. The number of benzene rings is 1. The molecule has 1 aliphatic rings. The van der Waals surface area contributed by atoms with E-state index in [4.69, 9.17) is 4.74 Å². The van der Waals surface area contributed by atoms with Gasteiger partial charge in [-0.3, -0.25) is 0 Å². The van der Waals surface area contributed by atoms with E-state index in [0.29, 0.717) is 0 Å². The lowest BCUT2D eigenvalue weighted by molar-refractivity contribution is 0.170. The van der Waals surface area contributed by atoms with Gasteiger partial charge in [-0.25, -0.2) is 0 Å².